The third-order valence-corrected chi connectivity index (χ3v) is 4.22. The molecular weight excluding hydrogens is 288 g/mol. The number of halogens is 1. The van der Waals surface area contributed by atoms with Gasteiger partial charge in [-0.05, 0) is 31.0 Å². The van der Waals surface area contributed by atoms with E-state index in [0.29, 0.717) is 23.7 Å². The van der Waals surface area contributed by atoms with Crippen molar-refractivity contribution in [3.8, 4) is 0 Å². The van der Waals surface area contributed by atoms with Gasteiger partial charge in [0.15, 0.2) is 0 Å². The molecule has 0 aliphatic carbocycles. The smallest absolute Gasteiger partial charge is 0.254 e. The molecule has 0 bridgehead atoms. The minimum Gasteiger partial charge on any atom is -0.387 e. The highest BCUT2D eigenvalue weighted by molar-refractivity contribution is 6.33. The first-order valence-electron chi connectivity index (χ1n) is 6.88. The van der Waals surface area contributed by atoms with Crippen LogP contribution in [0.25, 0.3) is 0 Å². The molecule has 6 heteroatoms. The van der Waals surface area contributed by atoms with Crippen molar-refractivity contribution in [2.75, 3.05) is 18.9 Å². The summed E-state index contributed by atoms with van der Waals surface area (Å²) in [5.41, 5.74) is 4.50. The lowest BCUT2D eigenvalue weighted by Crippen LogP contribution is -2.37. The van der Waals surface area contributed by atoms with Gasteiger partial charge in [0.25, 0.3) is 5.91 Å². The van der Waals surface area contributed by atoms with Crippen molar-refractivity contribution in [2.24, 2.45) is 0 Å². The molecular formula is C15H17ClN4O. The van der Waals surface area contributed by atoms with Gasteiger partial charge in [0.2, 0.25) is 0 Å². The van der Waals surface area contributed by atoms with Gasteiger partial charge >= 0.3 is 0 Å². The predicted octanol–water partition coefficient (Wildman–Crippen LogP) is 2.61. The van der Waals surface area contributed by atoms with Crippen molar-refractivity contribution in [1.82, 2.24) is 14.9 Å². The van der Waals surface area contributed by atoms with E-state index in [4.69, 9.17) is 11.6 Å². The molecule has 1 aromatic heterocycles. The van der Waals surface area contributed by atoms with Crippen LogP contribution in [0, 0.1) is 6.92 Å². The van der Waals surface area contributed by atoms with Crippen LogP contribution in [-0.4, -0.2) is 34.4 Å². The molecule has 21 heavy (non-hydrogen) atoms. The lowest BCUT2D eigenvalue weighted by molar-refractivity contribution is 0.0725. The van der Waals surface area contributed by atoms with Gasteiger partial charge in [-0.1, -0.05) is 11.6 Å². The molecule has 2 heterocycles. The predicted molar refractivity (Wildman–Crippen MR) is 82.8 cm³/mol. The Morgan fingerprint density at radius 3 is 2.95 bits per heavy atom. The van der Waals surface area contributed by atoms with Crippen molar-refractivity contribution in [3.05, 3.63) is 46.0 Å². The van der Waals surface area contributed by atoms with Crippen LogP contribution >= 0.6 is 11.6 Å². The summed E-state index contributed by atoms with van der Waals surface area (Å²) in [6.07, 6.45) is 2.49. The van der Waals surface area contributed by atoms with Crippen LogP contribution in [0.2, 0.25) is 5.02 Å². The number of amides is 1. The van der Waals surface area contributed by atoms with Crippen LogP contribution in [0.1, 0.15) is 27.3 Å². The second-order valence-electron chi connectivity index (χ2n) is 5.19. The number of aromatic amines is 1. The second-order valence-corrected chi connectivity index (χ2v) is 5.60. The number of hydrogen-bond donors (Lipinski definition) is 2. The molecule has 1 amide bonds. The van der Waals surface area contributed by atoms with Gasteiger partial charge in [0.1, 0.15) is 0 Å². The molecule has 0 spiro atoms. The van der Waals surface area contributed by atoms with Crippen molar-refractivity contribution in [3.63, 3.8) is 0 Å². The molecule has 110 valence electrons. The van der Waals surface area contributed by atoms with Crippen molar-refractivity contribution < 1.29 is 4.79 Å². The number of benzene rings is 1. The maximum atomic E-state index is 12.6. The monoisotopic (exact) mass is 304 g/mol. The number of fused-ring (bicyclic) bond motifs is 1. The van der Waals surface area contributed by atoms with Crippen LogP contribution in [0.15, 0.2) is 18.5 Å². The topological polar surface area (TPSA) is 61.0 Å². The molecule has 0 fully saturated rings. The van der Waals surface area contributed by atoms with Gasteiger partial charge < -0.3 is 15.2 Å². The summed E-state index contributed by atoms with van der Waals surface area (Å²) in [5.74, 6) is 0.0169. The molecule has 5 nitrogen and oxygen atoms in total. The number of carbonyl (C=O) groups excluding carboxylic acids is 1. The Hall–Kier alpha value is -2.01. The molecule has 2 aromatic rings. The summed E-state index contributed by atoms with van der Waals surface area (Å²) in [6, 6.07) is 3.72. The maximum Gasteiger partial charge on any atom is 0.254 e. The van der Waals surface area contributed by atoms with E-state index < -0.39 is 0 Å². The number of hydrogen-bond acceptors (Lipinski definition) is 3. The van der Waals surface area contributed by atoms with Crippen LogP contribution in [0.3, 0.4) is 0 Å². The SMILES string of the molecule is CNc1cc2c(cc1Cl)C(=O)N(Cc1nc[nH]c1C)CC2. The average molecular weight is 305 g/mol. The lowest BCUT2D eigenvalue weighted by Gasteiger charge is -2.29. The lowest BCUT2D eigenvalue weighted by atomic mass is 9.98. The van der Waals surface area contributed by atoms with E-state index in [1.54, 1.807) is 12.4 Å². The Morgan fingerprint density at radius 1 is 1.48 bits per heavy atom. The van der Waals surface area contributed by atoms with E-state index in [1.807, 2.05) is 24.9 Å². The van der Waals surface area contributed by atoms with Crippen molar-refractivity contribution in [2.45, 2.75) is 19.9 Å². The van der Waals surface area contributed by atoms with Gasteiger partial charge in [0.05, 0.1) is 29.3 Å². The fourth-order valence-corrected chi connectivity index (χ4v) is 2.88. The molecule has 3 rings (SSSR count). The highest BCUT2D eigenvalue weighted by Gasteiger charge is 2.26. The number of anilines is 1. The molecule has 0 atom stereocenters. The first-order chi connectivity index (χ1) is 10.1. The Balaban J connectivity index is 1.88. The summed E-state index contributed by atoms with van der Waals surface area (Å²) in [5, 5.41) is 3.62. The average Bonchev–Trinajstić information content (AvgIpc) is 2.87. The van der Waals surface area contributed by atoms with Crippen molar-refractivity contribution in [1.29, 1.82) is 0 Å². The molecule has 0 unspecified atom stereocenters. The van der Waals surface area contributed by atoms with Crippen molar-refractivity contribution >= 4 is 23.2 Å². The zero-order valence-corrected chi connectivity index (χ0v) is 12.8. The number of imidazole rings is 1. The summed E-state index contributed by atoms with van der Waals surface area (Å²) >= 11 is 6.19. The van der Waals surface area contributed by atoms with E-state index in [0.717, 1.165) is 29.1 Å². The molecule has 1 aromatic carbocycles. The first kappa shape index (κ1) is 13.9. The minimum atomic E-state index is 0.0169. The highest BCUT2D eigenvalue weighted by Crippen LogP contribution is 2.30. The summed E-state index contributed by atoms with van der Waals surface area (Å²) in [4.78, 5) is 21.7. The number of H-pyrrole nitrogens is 1. The van der Waals surface area contributed by atoms with Crippen LogP contribution in [-0.2, 0) is 13.0 Å². The number of aryl methyl sites for hydroxylation is 1. The minimum absolute atomic E-state index is 0.0169. The van der Waals surface area contributed by atoms with E-state index in [-0.39, 0.29) is 5.91 Å². The molecule has 0 radical (unpaired) electrons. The van der Waals surface area contributed by atoms with Crippen LogP contribution in [0.5, 0.6) is 0 Å². The van der Waals surface area contributed by atoms with Crippen LogP contribution < -0.4 is 5.32 Å². The normalized spacial score (nSPS) is 14.2. The van der Waals surface area contributed by atoms with Gasteiger partial charge in [-0.2, -0.15) is 0 Å². The van der Waals surface area contributed by atoms with E-state index in [9.17, 15) is 4.79 Å². The third-order valence-electron chi connectivity index (χ3n) is 3.91. The molecule has 1 aliphatic rings. The molecule has 1 aliphatic heterocycles. The fourth-order valence-electron chi connectivity index (χ4n) is 2.62. The Bertz CT molecular complexity index is 695. The zero-order chi connectivity index (χ0) is 15.0. The summed E-state index contributed by atoms with van der Waals surface area (Å²) < 4.78 is 0. The zero-order valence-electron chi connectivity index (χ0n) is 12.0. The standard InChI is InChI=1S/C15H17ClN4O/c1-9-14(19-8-18-9)7-20-4-3-10-5-13(17-2)12(16)6-11(10)15(20)21/h5-6,8,17H,3-4,7H2,1-2H3,(H,18,19). The Labute approximate surface area is 128 Å². The third kappa shape index (κ3) is 2.49. The van der Waals surface area contributed by atoms with Gasteiger partial charge in [-0.15, -0.1) is 0 Å². The number of nitrogens with one attached hydrogen (secondary N) is 2. The second kappa shape index (κ2) is 5.41. The van der Waals surface area contributed by atoms with Gasteiger partial charge in [-0.3, -0.25) is 4.79 Å². The largest absolute Gasteiger partial charge is 0.387 e. The van der Waals surface area contributed by atoms with E-state index >= 15 is 0 Å². The first-order valence-corrected chi connectivity index (χ1v) is 7.26. The summed E-state index contributed by atoms with van der Waals surface area (Å²) in [7, 11) is 1.82. The van der Waals surface area contributed by atoms with E-state index in [2.05, 4.69) is 15.3 Å². The molecule has 0 saturated heterocycles. The Kier molecular flexibility index (Phi) is 3.59. The number of carbonyl (C=O) groups is 1. The Morgan fingerprint density at radius 2 is 2.29 bits per heavy atom. The van der Waals surface area contributed by atoms with Gasteiger partial charge in [-0.25, -0.2) is 4.98 Å². The number of nitrogens with zero attached hydrogens (tertiary/aromatic N) is 2. The summed E-state index contributed by atoms with van der Waals surface area (Å²) in [6.45, 7) is 3.18. The quantitative estimate of drug-likeness (QED) is 0.916. The number of rotatable bonds is 3. The van der Waals surface area contributed by atoms with Gasteiger partial charge in [0, 0.05) is 24.8 Å². The number of aromatic nitrogens is 2. The highest BCUT2D eigenvalue weighted by atomic mass is 35.5. The van der Waals surface area contributed by atoms with E-state index in [1.165, 1.54) is 0 Å². The fraction of sp³-hybridized carbons (Fsp3) is 0.333. The maximum absolute atomic E-state index is 12.6. The molecule has 2 N–H and O–H groups in total. The molecule has 0 saturated carbocycles. The van der Waals surface area contributed by atoms with Crippen LogP contribution in [0.4, 0.5) is 5.69 Å².